The summed E-state index contributed by atoms with van der Waals surface area (Å²) in [4.78, 5) is 23.1. The minimum Gasteiger partial charge on any atom is -0.506 e. The maximum Gasteiger partial charge on any atom is 0.255 e. The summed E-state index contributed by atoms with van der Waals surface area (Å²) < 4.78 is 0. The molecule has 2 aromatic carbocycles. The number of phenolic OH excluding ortho intramolecular Hbond substituents is 1. The van der Waals surface area contributed by atoms with Gasteiger partial charge in [0.15, 0.2) is 0 Å². The van der Waals surface area contributed by atoms with E-state index >= 15 is 0 Å². The summed E-state index contributed by atoms with van der Waals surface area (Å²) in [6, 6.07) is 13.0. The largest absolute Gasteiger partial charge is 0.506 e. The molecule has 0 saturated carbocycles. The molecule has 5 heteroatoms. The van der Waals surface area contributed by atoms with Crippen molar-refractivity contribution in [3.05, 3.63) is 54.1 Å². The van der Waals surface area contributed by atoms with E-state index in [0.717, 1.165) is 0 Å². The standard InChI is InChI=1S/C15H14N2O3/c1-10(18)16-12-6-4-5-11(9-12)15(20)17-13-7-2-3-8-14(13)19/h2-9,19H,1H3,(H,16,18)(H,17,20). The Morgan fingerprint density at radius 3 is 2.45 bits per heavy atom. The molecule has 0 heterocycles. The molecule has 0 aliphatic heterocycles. The van der Waals surface area contributed by atoms with Crippen molar-refractivity contribution < 1.29 is 14.7 Å². The zero-order chi connectivity index (χ0) is 14.5. The highest BCUT2D eigenvalue weighted by molar-refractivity contribution is 6.05. The maximum absolute atomic E-state index is 12.1. The van der Waals surface area contributed by atoms with Crippen LogP contribution in [0.3, 0.4) is 0 Å². The molecule has 0 fully saturated rings. The third-order valence-electron chi connectivity index (χ3n) is 2.60. The highest BCUT2D eigenvalue weighted by Crippen LogP contribution is 2.22. The van der Waals surface area contributed by atoms with E-state index in [-0.39, 0.29) is 17.6 Å². The number of phenols is 1. The Morgan fingerprint density at radius 1 is 1.00 bits per heavy atom. The Hall–Kier alpha value is -2.82. The molecular weight excluding hydrogens is 256 g/mol. The van der Waals surface area contributed by atoms with Gasteiger partial charge in [0.1, 0.15) is 5.75 Å². The molecule has 3 N–H and O–H groups in total. The van der Waals surface area contributed by atoms with Crippen molar-refractivity contribution in [3.8, 4) is 5.75 Å². The molecule has 0 aliphatic carbocycles. The molecule has 0 atom stereocenters. The van der Waals surface area contributed by atoms with Gasteiger partial charge in [-0.1, -0.05) is 18.2 Å². The number of carbonyl (C=O) groups is 2. The fourth-order valence-corrected chi connectivity index (χ4v) is 1.72. The minimum absolute atomic E-state index is 0.00105. The summed E-state index contributed by atoms with van der Waals surface area (Å²) in [7, 11) is 0. The lowest BCUT2D eigenvalue weighted by atomic mass is 10.1. The van der Waals surface area contributed by atoms with Crippen LogP contribution in [0.2, 0.25) is 0 Å². The van der Waals surface area contributed by atoms with Gasteiger partial charge < -0.3 is 15.7 Å². The Bertz CT molecular complexity index is 653. The number of benzene rings is 2. The molecule has 2 aromatic rings. The summed E-state index contributed by atoms with van der Waals surface area (Å²) in [6.45, 7) is 1.40. The Morgan fingerprint density at radius 2 is 1.75 bits per heavy atom. The minimum atomic E-state index is -0.362. The van der Waals surface area contributed by atoms with Gasteiger partial charge in [-0.2, -0.15) is 0 Å². The first-order chi connectivity index (χ1) is 9.56. The molecule has 5 nitrogen and oxygen atoms in total. The summed E-state index contributed by atoms with van der Waals surface area (Å²) in [5.74, 6) is -0.569. The van der Waals surface area contributed by atoms with E-state index in [1.807, 2.05) is 0 Å². The van der Waals surface area contributed by atoms with Crippen LogP contribution in [0.4, 0.5) is 11.4 Å². The van der Waals surface area contributed by atoms with E-state index in [0.29, 0.717) is 16.9 Å². The second kappa shape index (κ2) is 5.88. The SMILES string of the molecule is CC(=O)Nc1cccc(C(=O)Nc2ccccc2O)c1. The third-order valence-corrected chi connectivity index (χ3v) is 2.60. The van der Waals surface area contributed by atoms with Gasteiger partial charge in [-0.05, 0) is 30.3 Å². The van der Waals surface area contributed by atoms with Crippen LogP contribution in [-0.2, 0) is 4.79 Å². The molecule has 0 unspecified atom stereocenters. The number of aromatic hydroxyl groups is 1. The van der Waals surface area contributed by atoms with Gasteiger partial charge in [0.2, 0.25) is 5.91 Å². The number of carbonyl (C=O) groups excluding carboxylic acids is 2. The molecule has 2 rings (SSSR count). The quantitative estimate of drug-likeness (QED) is 0.750. The highest BCUT2D eigenvalue weighted by atomic mass is 16.3. The van der Waals surface area contributed by atoms with Gasteiger partial charge in [0.05, 0.1) is 5.69 Å². The molecule has 102 valence electrons. The lowest BCUT2D eigenvalue weighted by Gasteiger charge is -2.08. The highest BCUT2D eigenvalue weighted by Gasteiger charge is 2.09. The average Bonchev–Trinajstić information content (AvgIpc) is 2.41. The van der Waals surface area contributed by atoms with Crippen molar-refractivity contribution in [2.75, 3.05) is 10.6 Å². The maximum atomic E-state index is 12.1. The Balaban J connectivity index is 2.17. The van der Waals surface area contributed by atoms with Crippen LogP contribution in [0, 0.1) is 0 Å². The molecule has 0 bridgehead atoms. The smallest absolute Gasteiger partial charge is 0.255 e. The second-order valence-corrected chi connectivity index (χ2v) is 4.23. The molecule has 0 saturated heterocycles. The van der Waals surface area contributed by atoms with Crippen molar-refractivity contribution in [1.82, 2.24) is 0 Å². The summed E-state index contributed by atoms with van der Waals surface area (Å²) in [5.41, 5.74) is 1.27. The lowest BCUT2D eigenvalue weighted by Crippen LogP contribution is -2.13. The molecule has 2 amide bonds. The van der Waals surface area contributed by atoms with Crippen molar-refractivity contribution in [2.45, 2.75) is 6.92 Å². The normalized spacial score (nSPS) is 9.85. The van der Waals surface area contributed by atoms with E-state index in [9.17, 15) is 14.7 Å². The summed E-state index contributed by atoms with van der Waals surface area (Å²) in [6.07, 6.45) is 0. The van der Waals surface area contributed by atoms with Crippen molar-refractivity contribution >= 4 is 23.2 Å². The van der Waals surface area contributed by atoms with E-state index in [4.69, 9.17) is 0 Å². The Labute approximate surface area is 116 Å². The number of amides is 2. The van der Waals surface area contributed by atoms with Gasteiger partial charge in [0.25, 0.3) is 5.91 Å². The number of anilines is 2. The lowest BCUT2D eigenvalue weighted by molar-refractivity contribution is -0.114. The third kappa shape index (κ3) is 3.35. The van der Waals surface area contributed by atoms with Crippen LogP contribution in [0.25, 0.3) is 0 Å². The number of nitrogens with one attached hydrogen (secondary N) is 2. The summed E-state index contributed by atoms with van der Waals surface area (Å²) in [5, 5.41) is 14.8. The van der Waals surface area contributed by atoms with Crippen LogP contribution in [0.5, 0.6) is 5.75 Å². The van der Waals surface area contributed by atoms with Gasteiger partial charge in [0, 0.05) is 18.2 Å². The van der Waals surface area contributed by atoms with Crippen LogP contribution in [0.1, 0.15) is 17.3 Å². The van der Waals surface area contributed by atoms with Crippen LogP contribution < -0.4 is 10.6 Å². The first kappa shape index (κ1) is 13.6. The van der Waals surface area contributed by atoms with E-state index < -0.39 is 0 Å². The molecule has 0 aromatic heterocycles. The molecule has 0 spiro atoms. The predicted molar refractivity (Wildman–Crippen MR) is 76.8 cm³/mol. The van der Waals surface area contributed by atoms with E-state index in [1.165, 1.54) is 13.0 Å². The van der Waals surface area contributed by atoms with E-state index in [2.05, 4.69) is 10.6 Å². The summed E-state index contributed by atoms with van der Waals surface area (Å²) >= 11 is 0. The van der Waals surface area contributed by atoms with Crippen LogP contribution >= 0.6 is 0 Å². The molecule has 20 heavy (non-hydrogen) atoms. The first-order valence-electron chi connectivity index (χ1n) is 6.03. The molecule has 0 radical (unpaired) electrons. The number of rotatable bonds is 3. The second-order valence-electron chi connectivity index (χ2n) is 4.23. The van der Waals surface area contributed by atoms with Crippen LogP contribution in [0.15, 0.2) is 48.5 Å². The molecular formula is C15H14N2O3. The van der Waals surface area contributed by atoms with Crippen LogP contribution in [-0.4, -0.2) is 16.9 Å². The molecule has 0 aliphatic rings. The van der Waals surface area contributed by atoms with Gasteiger partial charge in [-0.15, -0.1) is 0 Å². The topological polar surface area (TPSA) is 78.4 Å². The Kier molecular flexibility index (Phi) is 4.00. The zero-order valence-corrected chi connectivity index (χ0v) is 10.9. The fourth-order valence-electron chi connectivity index (χ4n) is 1.72. The number of para-hydroxylation sites is 2. The zero-order valence-electron chi connectivity index (χ0n) is 10.9. The van der Waals surface area contributed by atoms with Gasteiger partial charge in [-0.25, -0.2) is 0 Å². The average molecular weight is 270 g/mol. The fraction of sp³-hybridized carbons (Fsp3) is 0.0667. The monoisotopic (exact) mass is 270 g/mol. The predicted octanol–water partition coefficient (Wildman–Crippen LogP) is 2.60. The number of hydrogen-bond acceptors (Lipinski definition) is 3. The first-order valence-corrected chi connectivity index (χ1v) is 6.03. The van der Waals surface area contributed by atoms with Crippen molar-refractivity contribution in [2.24, 2.45) is 0 Å². The van der Waals surface area contributed by atoms with Gasteiger partial charge >= 0.3 is 0 Å². The van der Waals surface area contributed by atoms with Gasteiger partial charge in [-0.3, -0.25) is 9.59 Å². The van der Waals surface area contributed by atoms with Crippen molar-refractivity contribution in [3.63, 3.8) is 0 Å². The van der Waals surface area contributed by atoms with E-state index in [1.54, 1.807) is 42.5 Å². The number of hydrogen-bond donors (Lipinski definition) is 3. The van der Waals surface area contributed by atoms with Crippen molar-refractivity contribution in [1.29, 1.82) is 0 Å².